The summed E-state index contributed by atoms with van der Waals surface area (Å²) in [5.74, 6) is 2.79. The predicted molar refractivity (Wildman–Crippen MR) is 112 cm³/mol. The SMILES string of the molecule is [B]C([B])(OP1OCc2cc(Cl)ccc2O1)C1CCC(n2cc(C#C)c(=O)[nH]c2=O)O1. The second-order valence-electron chi connectivity index (χ2n) is 6.80. The van der Waals surface area contributed by atoms with Gasteiger partial charge in [0.15, 0.2) is 0 Å². The Kier molecular flexibility index (Phi) is 5.84. The van der Waals surface area contributed by atoms with Crippen LogP contribution in [0.5, 0.6) is 5.75 Å². The summed E-state index contributed by atoms with van der Waals surface area (Å²) in [5.41, 5.74) is -0.497. The average molecular weight is 442 g/mol. The van der Waals surface area contributed by atoms with Crippen LogP contribution in [0.25, 0.3) is 0 Å². The molecule has 2 aromatic rings. The smallest absolute Gasteiger partial charge is 0.396 e. The van der Waals surface area contributed by atoms with Gasteiger partial charge in [-0.15, -0.1) is 6.42 Å². The Morgan fingerprint density at radius 3 is 2.93 bits per heavy atom. The van der Waals surface area contributed by atoms with Crippen LogP contribution < -0.4 is 15.8 Å². The van der Waals surface area contributed by atoms with E-state index in [-0.39, 0.29) is 12.2 Å². The third-order valence-electron chi connectivity index (χ3n) is 4.69. The molecule has 30 heavy (non-hydrogen) atoms. The number of benzene rings is 1. The van der Waals surface area contributed by atoms with Gasteiger partial charge in [-0.3, -0.25) is 18.9 Å². The number of halogens is 1. The zero-order valence-corrected chi connectivity index (χ0v) is 17.2. The van der Waals surface area contributed by atoms with Gasteiger partial charge in [0.25, 0.3) is 5.56 Å². The normalized spacial score (nSPS) is 23.4. The summed E-state index contributed by atoms with van der Waals surface area (Å²) in [6, 6.07) is 5.13. The fourth-order valence-electron chi connectivity index (χ4n) is 3.17. The van der Waals surface area contributed by atoms with Gasteiger partial charge in [0.05, 0.1) is 12.7 Å². The predicted octanol–water partition coefficient (Wildman–Crippen LogP) is 1.69. The van der Waals surface area contributed by atoms with Gasteiger partial charge in [-0.25, -0.2) is 4.79 Å². The number of nitrogens with one attached hydrogen (secondary N) is 1. The molecule has 0 spiro atoms. The van der Waals surface area contributed by atoms with E-state index in [2.05, 4.69) is 10.9 Å². The van der Waals surface area contributed by atoms with Crippen molar-refractivity contribution in [2.45, 2.75) is 37.2 Å². The van der Waals surface area contributed by atoms with Crippen LogP contribution in [-0.2, 0) is 20.4 Å². The minimum atomic E-state index is -1.87. The highest BCUT2D eigenvalue weighted by atomic mass is 35.5. The molecule has 0 amide bonds. The van der Waals surface area contributed by atoms with E-state index in [1.165, 1.54) is 10.8 Å². The van der Waals surface area contributed by atoms with Gasteiger partial charge in [-0.2, -0.15) is 0 Å². The summed E-state index contributed by atoms with van der Waals surface area (Å²) in [7, 11) is 10.4. The highest BCUT2D eigenvalue weighted by Crippen LogP contribution is 2.50. The Hall–Kier alpha value is -2.01. The lowest BCUT2D eigenvalue weighted by Gasteiger charge is -2.36. The van der Waals surface area contributed by atoms with Gasteiger partial charge in [0.2, 0.25) is 0 Å². The average Bonchev–Trinajstić information content (AvgIpc) is 3.19. The minimum Gasteiger partial charge on any atom is -0.426 e. The number of hydrogen-bond donors (Lipinski definition) is 1. The molecule has 1 aromatic heterocycles. The lowest BCUT2D eigenvalue weighted by Crippen LogP contribution is -2.46. The van der Waals surface area contributed by atoms with Gasteiger partial charge in [0, 0.05) is 22.2 Å². The maximum Gasteiger partial charge on any atom is 0.396 e. The van der Waals surface area contributed by atoms with Crippen molar-refractivity contribution < 1.29 is 18.3 Å². The molecule has 1 aromatic carbocycles. The van der Waals surface area contributed by atoms with Gasteiger partial charge in [0.1, 0.15) is 33.2 Å². The van der Waals surface area contributed by atoms with Crippen LogP contribution in [0.15, 0.2) is 34.0 Å². The van der Waals surface area contributed by atoms with E-state index in [0.29, 0.717) is 23.6 Å². The summed E-state index contributed by atoms with van der Waals surface area (Å²) in [6.07, 6.45) is 5.87. The van der Waals surface area contributed by atoms with Crippen molar-refractivity contribution in [2.75, 3.05) is 0 Å². The van der Waals surface area contributed by atoms with E-state index in [0.717, 1.165) is 5.56 Å². The van der Waals surface area contributed by atoms with Crippen molar-refractivity contribution in [2.24, 2.45) is 0 Å². The number of terminal acetylenes is 1. The molecule has 1 saturated heterocycles. The number of aromatic amines is 1. The first-order valence-corrected chi connectivity index (χ1v) is 10.4. The summed E-state index contributed by atoms with van der Waals surface area (Å²) in [6.45, 7) is 0.230. The molecule has 4 radical (unpaired) electrons. The van der Waals surface area contributed by atoms with Crippen molar-refractivity contribution in [3.05, 3.63) is 61.4 Å². The van der Waals surface area contributed by atoms with E-state index in [9.17, 15) is 9.59 Å². The molecule has 4 rings (SSSR count). The molecule has 8 nitrogen and oxygen atoms in total. The highest BCUT2D eigenvalue weighted by molar-refractivity contribution is 7.42. The summed E-state index contributed by atoms with van der Waals surface area (Å²) in [5, 5.41) is -1.18. The third kappa shape index (κ3) is 4.22. The number of H-pyrrole nitrogens is 1. The molecule has 3 heterocycles. The Morgan fingerprint density at radius 1 is 1.37 bits per heavy atom. The summed E-state index contributed by atoms with van der Waals surface area (Å²) in [4.78, 5) is 25.9. The fourth-order valence-corrected chi connectivity index (χ4v) is 4.47. The van der Waals surface area contributed by atoms with Crippen LogP contribution in [0, 0.1) is 12.3 Å². The van der Waals surface area contributed by atoms with Crippen LogP contribution in [0.3, 0.4) is 0 Å². The third-order valence-corrected chi connectivity index (χ3v) is 6.07. The number of fused-ring (bicyclic) bond motifs is 1. The van der Waals surface area contributed by atoms with E-state index < -0.39 is 37.6 Å². The Labute approximate surface area is 180 Å². The number of nitrogens with zero attached hydrogens (tertiary/aromatic N) is 1. The molecule has 12 heteroatoms. The highest BCUT2D eigenvalue weighted by Gasteiger charge is 2.41. The molecule has 0 saturated carbocycles. The fraction of sp³-hybridized carbons (Fsp3) is 0.333. The van der Waals surface area contributed by atoms with Crippen molar-refractivity contribution in [3.8, 4) is 18.1 Å². The molecule has 1 fully saturated rings. The van der Waals surface area contributed by atoms with E-state index in [1.54, 1.807) is 18.2 Å². The summed E-state index contributed by atoms with van der Waals surface area (Å²) >= 11 is 5.96. The first-order chi connectivity index (χ1) is 14.3. The van der Waals surface area contributed by atoms with Crippen molar-refractivity contribution in [3.63, 3.8) is 0 Å². The Bertz CT molecular complexity index is 1130. The number of aromatic nitrogens is 2. The standard InChI is InChI=1S/C18H14B2ClN2O6P/c1-2-10-8-23(17(25)22-16(10)24)15-6-5-14(27-15)18(19,20)29-30-26-9-11-7-12(21)3-4-13(11)28-30/h1,3-4,7-8,14-15H,5-6,9H2,(H,22,24,25). The van der Waals surface area contributed by atoms with Gasteiger partial charge in [-0.1, -0.05) is 17.5 Å². The minimum absolute atomic E-state index is 0.0101. The number of rotatable bonds is 4. The zero-order valence-electron chi connectivity index (χ0n) is 15.5. The van der Waals surface area contributed by atoms with Gasteiger partial charge < -0.3 is 13.8 Å². The zero-order chi connectivity index (χ0) is 21.5. The monoisotopic (exact) mass is 442 g/mol. The van der Waals surface area contributed by atoms with Crippen LogP contribution in [0.1, 0.15) is 30.2 Å². The first-order valence-electron chi connectivity index (χ1n) is 8.90. The lowest BCUT2D eigenvalue weighted by atomic mass is 9.61. The van der Waals surface area contributed by atoms with E-state index >= 15 is 0 Å². The Balaban J connectivity index is 1.45. The largest absolute Gasteiger partial charge is 0.426 e. The van der Waals surface area contributed by atoms with Crippen molar-refractivity contribution >= 4 is 35.9 Å². The van der Waals surface area contributed by atoms with Gasteiger partial charge in [-0.05, 0) is 31.0 Å². The Morgan fingerprint density at radius 2 is 2.17 bits per heavy atom. The van der Waals surface area contributed by atoms with E-state index in [1.807, 2.05) is 0 Å². The molecule has 0 bridgehead atoms. The summed E-state index contributed by atoms with van der Waals surface area (Å²) < 4.78 is 24.0. The molecule has 150 valence electrons. The molecule has 0 aliphatic carbocycles. The lowest BCUT2D eigenvalue weighted by molar-refractivity contribution is -0.0469. The molecule has 2 aliphatic heterocycles. The quantitative estimate of drug-likeness (QED) is 0.440. The van der Waals surface area contributed by atoms with Crippen LogP contribution >= 0.6 is 20.2 Å². The molecule has 3 atom stereocenters. The molecular weight excluding hydrogens is 428 g/mol. The van der Waals surface area contributed by atoms with Crippen molar-refractivity contribution in [1.82, 2.24) is 9.55 Å². The molecular formula is C18H14B2ClN2O6P. The van der Waals surface area contributed by atoms with Crippen LogP contribution in [0.4, 0.5) is 0 Å². The second-order valence-corrected chi connectivity index (χ2v) is 8.30. The molecule has 3 unspecified atom stereocenters. The van der Waals surface area contributed by atoms with E-state index in [4.69, 9.17) is 52.0 Å². The number of hydrogen-bond acceptors (Lipinski definition) is 6. The maximum atomic E-state index is 12.1. The molecule has 2 aliphatic rings. The second kappa shape index (κ2) is 8.26. The first kappa shape index (κ1) is 21.2. The van der Waals surface area contributed by atoms with Crippen LogP contribution in [-0.4, -0.2) is 36.7 Å². The molecule has 1 N–H and O–H groups in total. The topological polar surface area (TPSA) is 91.8 Å². The van der Waals surface area contributed by atoms with Crippen molar-refractivity contribution in [1.29, 1.82) is 0 Å². The number of ether oxygens (including phenoxy) is 1. The van der Waals surface area contributed by atoms with Crippen LogP contribution in [0.2, 0.25) is 5.02 Å². The maximum absolute atomic E-state index is 12.1. The van der Waals surface area contributed by atoms with Gasteiger partial charge >= 0.3 is 14.3 Å².